The molecular formula is C14H14N4O. The molecule has 0 unspecified atom stereocenters. The molecule has 1 aromatic carbocycles. The molecule has 5 nitrogen and oxygen atoms in total. The van der Waals surface area contributed by atoms with Crippen LogP contribution in [0.2, 0.25) is 0 Å². The zero-order valence-corrected chi connectivity index (χ0v) is 10.8. The SMILES string of the molecule is Cc1cnc([C@H](C)NC(=O)c2ccccc2C#N)[nH]1. The lowest BCUT2D eigenvalue weighted by Gasteiger charge is -2.12. The average molecular weight is 254 g/mol. The Labute approximate surface area is 111 Å². The summed E-state index contributed by atoms with van der Waals surface area (Å²) in [6.07, 6.45) is 1.71. The number of imidazole rings is 1. The maximum absolute atomic E-state index is 12.1. The van der Waals surface area contributed by atoms with Gasteiger partial charge in [-0.1, -0.05) is 12.1 Å². The predicted molar refractivity (Wildman–Crippen MR) is 70.4 cm³/mol. The summed E-state index contributed by atoms with van der Waals surface area (Å²) < 4.78 is 0. The van der Waals surface area contributed by atoms with Crippen molar-refractivity contribution in [3.05, 3.63) is 53.1 Å². The minimum absolute atomic E-state index is 0.243. The molecule has 0 spiro atoms. The Kier molecular flexibility index (Phi) is 3.62. The molecule has 2 N–H and O–H groups in total. The monoisotopic (exact) mass is 254 g/mol. The van der Waals surface area contributed by atoms with Crippen molar-refractivity contribution in [2.45, 2.75) is 19.9 Å². The molecule has 0 saturated carbocycles. The number of nitrogens with one attached hydrogen (secondary N) is 2. The van der Waals surface area contributed by atoms with Crippen LogP contribution in [0.25, 0.3) is 0 Å². The highest BCUT2D eigenvalue weighted by molar-refractivity contribution is 5.96. The molecule has 1 amide bonds. The Bertz CT molecular complexity index is 639. The lowest BCUT2D eigenvalue weighted by molar-refractivity contribution is 0.0938. The molecule has 2 rings (SSSR count). The van der Waals surface area contributed by atoms with Crippen molar-refractivity contribution < 1.29 is 4.79 Å². The fourth-order valence-corrected chi connectivity index (χ4v) is 1.77. The molecular weight excluding hydrogens is 240 g/mol. The van der Waals surface area contributed by atoms with E-state index in [-0.39, 0.29) is 11.9 Å². The number of aromatic amines is 1. The molecule has 0 fully saturated rings. The second-order valence-electron chi connectivity index (χ2n) is 4.30. The van der Waals surface area contributed by atoms with Gasteiger partial charge in [-0.2, -0.15) is 5.26 Å². The normalized spacial score (nSPS) is 11.6. The number of nitrogens with zero attached hydrogens (tertiary/aromatic N) is 2. The fourth-order valence-electron chi connectivity index (χ4n) is 1.77. The van der Waals surface area contributed by atoms with Gasteiger partial charge in [-0.15, -0.1) is 0 Å². The molecule has 0 saturated heterocycles. The molecule has 0 radical (unpaired) electrons. The third-order valence-corrected chi connectivity index (χ3v) is 2.77. The van der Waals surface area contributed by atoms with Crippen LogP contribution in [-0.2, 0) is 0 Å². The molecule has 19 heavy (non-hydrogen) atoms. The Hall–Kier alpha value is -2.61. The third-order valence-electron chi connectivity index (χ3n) is 2.77. The quantitative estimate of drug-likeness (QED) is 0.879. The summed E-state index contributed by atoms with van der Waals surface area (Å²) in [5, 5.41) is 11.8. The van der Waals surface area contributed by atoms with Gasteiger partial charge in [0, 0.05) is 11.9 Å². The molecule has 0 aliphatic heterocycles. The fraction of sp³-hybridized carbons (Fsp3) is 0.214. The van der Waals surface area contributed by atoms with E-state index in [2.05, 4.69) is 15.3 Å². The number of carbonyl (C=O) groups excluding carboxylic acids is 1. The Balaban J connectivity index is 2.15. The number of H-pyrrole nitrogens is 1. The molecule has 1 heterocycles. The summed E-state index contributed by atoms with van der Waals surface area (Å²) in [6, 6.07) is 8.49. The number of carbonyl (C=O) groups is 1. The molecule has 0 aliphatic rings. The Morgan fingerprint density at radius 2 is 2.21 bits per heavy atom. The van der Waals surface area contributed by atoms with Gasteiger partial charge in [0.05, 0.1) is 23.2 Å². The van der Waals surface area contributed by atoms with Crippen molar-refractivity contribution in [1.82, 2.24) is 15.3 Å². The van der Waals surface area contributed by atoms with E-state index in [9.17, 15) is 4.79 Å². The molecule has 5 heteroatoms. The third kappa shape index (κ3) is 2.80. The summed E-state index contributed by atoms with van der Waals surface area (Å²) in [5.41, 5.74) is 1.68. The van der Waals surface area contributed by atoms with Crippen LogP contribution >= 0.6 is 0 Å². The smallest absolute Gasteiger partial charge is 0.253 e. The van der Waals surface area contributed by atoms with Crippen LogP contribution in [0.3, 0.4) is 0 Å². The second-order valence-corrected chi connectivity index (χ2v) is 4.30. The van der Waals surface area contributed by atoms with Gasteiger partial charge < -0.3 is 10.3 Å². The largest absolute Gasteiger partial charge is 0.344 e. The molecule has 96 valence electrons. The highest BCUT2D eigenvalue weighted by Gasteiger charge is 2.15. The van der Waals surface area contributed by atoms with Gasteiger partial charge in [-0.05, 0) is 26.0 Å². The van der Waals surface area contributed by atoms with E-state index < -0.39 is 0 Å². The maximum Gasteiger partial charge on any atom is 0.253 e. The first-order valence-corrected chi connectivity index (χ1v) is 5.93. The molecule has 0 bridgehead atoms. The number of aryl methyl sites for hydroxylation is 1. The van der Waals surface area contributed by atoms with Crippen LogP contribution in [0.4, 0.5) is 0 Å². The molecule has 0 aliphatic carbocycles. The summed E-state index contributed by atoms with van der Waals surface area (Å²) in [7, 11) is 0. The number of nitriles is 1. The van der Waals surface area contributed by atoms with E-state index >= 15 is 0 Å². The highest BCUT2D eigenvalue weighted by atomic mass is 16.1. The number of benzene rings is 1. The maximum atomic E-state index is 12.1. The van der Waals surface area contributed by atoms with Crippen LogP contribution < -0.4 is 5.32 Å². The summed E-state index contributed by atoms with van der Waals surface area (Å²) in [6.45, 7) is 3.74. The van der Waals surface area contributed by atoms with Gasteiger partial charge in [-0.3, -0.25) is 4.79 Å². The minimum Gasteiger partial charge on any atom is -0.344 e. The minimum atomic E-state index is -0.279. The zero-order chi connectivity index (χ0) is 13.8. The Morgan fingerprint density at radius 1 is 1.47 bits per heavy atom. The van der Waals surface area contributed by atoms with Gasteiger partial charge in [0.1, 0.15) is 5.82 Å². The highest BCUT2D eigenvalue weighted by Crippen LogP contribution is 2.12. The van der Waals surface area contributed by atoms with E-state index in [0.29, 0.717) is 17.0 Å². The lowest BCUT2D eigenvalue weighted by Crippen LogP contribution is -2.28. The molecule has 2 aromatic rings. The van der Waals surface area contributed by atoms with E-state index in [1.54, 1.807) is 30.5 Å². The topological polar surface area (TPSA) is 81.6 Å². The van der Waals surface area contributed by atoms with Crippen LogP contribution in [-0.4, -0.2) is 15.9 Å². The van der Waals surface area contributed by atoms with Gasteiger partial charge in [0.25, 0.3) is 5.91 Å². The van der Waals surface area contributed by atoms with E-state index in [1.807, 2.05) is 19.9 Å². The van der Waals surface area contributed by atoms with E-state index in [1.165, 1.54) is 0 Å². The number of hydrogen-bond donors (Lipinski definition) is 2. The van der Waals surface area contributed by atoms with Crippen molar-refractivity contribution in [2.75, 3.05) is 0 Å². The molecule has 1 aromatic heterocycles. The second kappa shape index (κ2) is 5.36. The Morgan fingerprint density at radius 3 is 2.84 bits per heavy atom. The van der Waals surface area contributed by atoms with Crippen molar-refractivity contribution >= 4 is 5.91 Å². The van der Waals surface area contributed by atoms with Crippen molar-refractivity contribution in [1.29, 1.82) is 5.26 Å². The van der Waals surface area contributed by atoms with Gasteiger partial charge in [0.2, 0.25) is 0 Å². The number of amides is 1. The van der Waals surface area contributed by atoms with Crippen LogP contribution in [0.1, 0.15) is 40.4 Å². The van der Waals surface area contributed by atoms with Crippen molar-refractivity contribution in [2.24, 2.45) is 0 Å². The number of hydrogen-bond acceptors (Lipinski definition) is 3. The van der Waals surface area contributed by atoms with Gasteiger partial charge in [-0.25, -0.2) is 4.98 Å². The predicted octanol–water partition coefficient (Wildman–Crippen LogP) is 2.08. The summed E-state index contributed by atoms with van der Waals surface area (Å²) in [5.74, 6) is 0.416. The number of rotatable bonds is 3. The first-order chi connectivity index (χ1) is 9.11. The standard InChI is InChI=1S/C14H14N4O/c1-9-8-16-13(17-9)10(2)18-14(19)12-6-4-3-5-11(12)7-15/h3-6,8,10H,1-2H3,(H,16,17)(H,18,19)/t10-/m0/s1. The number of aromatic nitrogens is 2. The van der Waals surface area contributed by atoms with Gasteiger partial charge >= 0.3 is 0 Å². The van der Waals surface area contributed by atoms with Crippen molar-refractivity contribution in [3.8, 4) is 6.07 Å². The van der Waals surface area contributed by atoms with Crippen LogP contribution in [0.15, 0.2) is 30.5 Å². The lowest BCUT2D eigenvalue weighted by atomic mass is 10.1. The summed E-state index contributed by atoms with van der Waals surface area (Å²) in [4.78, 5) is 19.4. The molecule has 1 atom stereocenters. The van der Waals surface area contributed by atoms with Crippen LogP contribution in [0, 0.1) is 18.3 Å². The van der Waals surface area contributed by atoms with E-state index in [0.717, 1.165) is 5.69 Å². The zero-order valence-electron chi connectivity index (χ0n) is 10.8. The van der Waals surface area contributed by atoms with Crippen molar-refractivity contribution in [3.63, 3.8) is 0 Å². The average Bonchev–Trinajstić information content (AvgIpc) is 2.85. The van der Waals surface area contributed by atoms with E-state index in [4.69, 9.17) is 5.26 Å². The van der Waals surface area contributed by atoms with Crippen LogP contribution in [0.5, 0.6) is 0 Å². The summed E-state index contributed by atoms with van der Waals surface area (Å²) >= 11 is 0. The first-order valence-electron chi connectivity index (χ1n) is 5.93. The van der Waals surface area contributed by atoms with Gasteiger partial charge in [0.15, 0.2) is 0 Å². The first kappa shape index (κ1) is 12.8.